The Labute approximate surface area is 167 Å². The standard InChI is InChI=1S/C20H21N3O6/c1-3-13(2)14-4-6-16(7-5-14)27-11-20(24)22-21-10-15-8-18-19(29-12-28-18)9-17(15)23(25)26/h4-10,13H,3,11-12H2,1-2H3,(H,22,24)/b21-10-. The Balaban J connectivity index is 1.55. The van der Waals surface area contributed by atoms with Gasteiger partial charge < -0.3 is 14.2 Å². The molecule has 0 radical (unpaired) electrons. The zero-order chi connectivity index (χ0) is 20.8. The van der Waals surface area contributed by atoms with E-state index in [1.54, 1.807) is 0 Å². The van der Waals surface area contributed by atoms with E-state index in [4.69, 9.17) is 14.2 Å². The monoisotopic (exact) mass is 399 g/mol. The van der Waals surface area contributed by atoms with Crippen molar-refractivity contribution >= 4 is 17.8 Å². The maximum atomic E-state index is 11.9. The van der Waals surface area contributed by atoms with Gasteiger partial charge in [-0.25, -0.2) is 5.43 Å². The Kier molecular flexibility index (Phi) is 6.28. The lowest BCUT2D eigenvalue weighted by Gasteiger charge is -2.10. The molecule has 0 fully saturated rings. The van der Waals surface area contributed by atoms with Crippen molar-refractivity contribution in [3.05, 3.63) is 57.6 Å². The molecule has 152 valence electrons. The van der Waals surface area contributed by atoms with Crippen LogP contribution in [0.5, 0.6) is 17.2 Å². The number of carbonyl (C=O) groups excluding carboxylic acids is 1. The summed E-state index contributed by atoms with van der Waals surface area (Å²) in [6.45, 7) is 4.03. The van der Waals surface area contributed by atoms with Crippen molar-refractivity contribution in [1.29, 1.82) is 0 Å². The molecule has 1 N–H and O–H groups in total. The van der Waals surface area contributed by atoms with Gasteiger partial charge in [-0.2, -0.15) is 5.10 Å². The number of benzene rings is 2. The molecule has 0 bridgehead atoms. The van der Waals surface area contributed by atoms with Gasteiger partial charge in [-0.1, -0.05) is 26.0 Å². The number of nitro groups is 1. The van der Waals surface area contributed by atoms with E-state index in [9.17, 15) is 14.9 Å². The van der Waals surface area contributed by atoms with Gasteiger partial charge >= 0.3 is 0 Å². The lowest BCUT2D eigenvalue weighted by molar-refractivity contribution is -0.385. The molecule has 2 aromatic rings. The molecule has 1 unspecified atom stereocenters. The fraction of sp³-hybridized carbons (Fsp3) is 0.300. The van der Waals surface area contributed by atoms with Crippen molar-refractivity contribution in [2.45, 2.75) is 26.2 Å². The van der Waals surface area contributed by atoms with Gasteiger partial charge in [0.25, 0.3) is 11.6 Å². The van der Waals surface area contributed by atoms with Crippen LogP contribution in [0.15, 0.2) is 41.5 Å². The summed E-state index contributed by atoms with van der Waals surface area (Å²) in [6, 6.07) is 10.3. The molecule has 29 heavy (non-hydrogen) atoms. The van der Waals surface area contributed by atoms with Crippen LogP contribution in [0, 0.1) is 10.1 Å². The zero-order valence-corrected chi connectivity index (χ0v) is 16.1. The lowest BCUT2D eigenvalue weighted by atomic mass is 9.99. The summed E-state index contributed by atoms with van der Waals surface area (Å²) in [6.07, 6.45) is 2.22. The maximum absolute atomic E-state index is 11.9. The normalized spacial score (nSPS) is 13.3. The number of ether oxygens (including phenoxy) is 3. The first kappa shape index (κ1) is 20.1. The average molecular weight is 399 g/mol. The van der Waals surface area contributed by atoms with Gasteiger partial charge in [0.2, 0.25) is 6.79 Å². The Bertz CT molecular complexity index is 927. The molecular formula is C20H21N3O6. The SMILES string of the molecule is CCC(C)c1ccc(OCC(=O)N/N=C\c2cc3c(cc2[N+](=O)[O-])OCO3)cc1. The van der Waals surface area contributed by atoms with Crippen molar-refractivity contribution in [3.8, 4) is 17.2 Å². The number of hydrazone groups is 1. The number of hydrogen-bond donors (Lipinski definition) is 1. The van der Waals surface area contributed by atoms with Gasteiger partial charge in [0.15, 0.2) is 18.1 Å². The van der Waals surface area contributed by atoms with Gasteiger partial charge in [0, 0.05) is 0 Å². The van der Waals surface area contributed by atoms with E-state index in [0.717, 1.165) is 6.42 Å². The van der Waals surface area contributed by atoms with Crippen LogP contribution < -0.4 is 19.6 Å². The predicted octanol–water partition coefficient (Wildman–Crippen LogP) is 3.37. The van der Waals surface area contributed by atoms with Crippen LogP contribution in [-0.4, -0.2) is 30.4 Å². The zero-order valence-electron chi connectivity index (χ0n) is 16.1. The fourth-order valence-electron chi connectivity index (χ4n) is 2.69. The van der Waals surface area contributed by atoms with Gasteiger partial charge in [0.1, 0.15) is 5.75 Å². The molecule has 0 aromatic heterocycles. The minimum atomic E-state index is -0.558. The number of fused-ring (bicyclic) bond motifs is 1. The lowest BCUT2D eigenvalue weighted by Crippen LogP contribution is -2.24. The summed E-state index contributed by atoms with van der Waals surface area (Å²) >= 11 is 0. The van der Waals surface area contributed by atoms with Crippen molar-refractivity contribution in [3.63, 3.8) is 0 Å². The van der Waals surface area contributed by atoms with Crippen LogP contribution in [-0.2, 0) is 4.79 Å². The average Bonchev–Trinajstić information content (AvgIpc) is 3.18. The van der Waals surface area contributed by atoms with E-state index in [-0.39, 0.29) is 24.7 Å². The molecule has 1 aliphatic rings. The third-order valence-electron chi connectivity index (χ3n) is 4.54. The smallest absolute Gasteiger partial charge is 0.282 e. The second-order valence-electron chi connectivity index (χ2n) is 6.48. The summed E-state index contributed by atoms with van der Waals surface area (Å²) in [4.78, 5) is 22.6. The Morgan fingerprint density at radius 1 is 1.31 bits per heavy atom. The quantitative estimate of drug-likeness (QED) is 0.414. The van der Waals surface area contributed by atoms with Crippen molar-refractivity contribution < 1.29 is 23.9 Å². The summed E-state index contributed by atoms with van der Waals surface area (Å²) < 4.78 is 15.8. The molecule has 3 rings (SSSR count). The number of carbonyl (C=O) groups is 1. The van der Waals surface area contributed by atoms with Crippen LogP contribution in [0.3, 0.4) is 0 Å². The van der Waals surface area contributed by atoms with Crippen LogP contribution >= 0.6 is 0 Å². The molecule has 0 saturated heterocycles. The molecule has 1 heterocycles. The molecule has 9 nitrogen and oxygen atoms in total. The number of amides is 1. The van der Waals surface area contributed by atoms with E-state index in [2.05, 4.69) is 24.4 Å². The molecule has 0 saturated carbocycles. The summed E-state index contributed by atoms with van der Waals surface area (Å²) in [5, 5.41) is 15.0. The third kappa shape index (κ3) is 5.01. The molecule has 9 heteroatoms. The van der Waals surface area contributed by atoms with Crippen LogP contribution in [0.4, 0.5) is 5.69 Å². The summed E-state index contributed by atoms with van der Waals surface area (Å²) in [7, 11) is 0. The van der Waals surface area contributed by atoms with E-state index >= 15 is 0 Å². The minimum absolute atomic E-state index is 0.000501. The summed E-state index contributed by atoms with van der Waals surface area (Å²) in [5.41, 5.74) is 3.47. The Morgan fingerprint density at radius 2 is 2.00 bits per heavy atom. The molecular weight excluding hydrogens is 378 g/mol. The molecule has 1 atom stereocenters. The topological polar surface area (TPSA) is 112 Å². The second-order valence-corrected chi connectivity index (χ2v) is 6.48. The van der Waals surface area contributed by atoms with E-state index in [1.807, 2.05) is 24.3 Å². The Hall–Kier alpha value is -3.62. The number of nitro benzene ring substituents is 1. The molecule has 2 aromatic carbocycles. The highest BCUT2D eigenvalue weighted by Gasteiger charge is 2.22. The number of nitrogens with zero attached hydrogens (tertiary/aromatic N) is 2. The van der Waals surface area contributed by atoms with Crippen LogP contribution in [0.25, 0.3) is 0 Å². The molecule has 0 spiro atoms. The fourth-order valence-corrected chi connectivity index (χ4v) is 2.69. The van der Waals surface area contributed by atoms with Crippen LogP contribution in [0.2, 0.25) is 0 Å². The first-order chi connectivity index (χ1) is 14.0. The van der Waals surface area contributed by atoms with Gasteiger partial charge in [0.05, 0.1) is 22.8 Å². The van der Waals surface area contributed by atoms with Crippen molar-refractivity contribution in [2.24, 2.45) is 5.10 Å². The van der Waals surface area contributed by atoms with Crippen LogP contribution in [0.1, 0.15) is 37.3 Å². The Morgan fingerprint density at radius 3 is 2.66 bits per heavy atom. The highest BCUT2D eigenvalue weighted by Crippen LogP contribution is 2.37. The highest BCUT2D eigenvalue weighted by molar-refractivity contribution is 5.88. The molecule has 1 amide bonds. The van der Waals surface area contributed by atoms with Gasteiger partial charge in [-0.05, 0) is 36.1 Å². The predicted molar refractivity (Wildman–Crippen MR) is 106 cm³/mol. The number of rotatable bonds is 8. The molecule has 1 aliphatic heterocycles. The molecule has 0 aliphatic carbocycles. The van der Waals surface area contributed by atoms with E-state index < -0.39 is 10.8 Å². The van der Waals surface area contributed by atoms with Gasteiger partial charge in [-0.15, -0.1) is 0 Å². The first-order valence-corrected chi connectivity index (χ1v) is 9.10. The number of nitrogens with one attached hydrogen (secondary N) is 1. The first-order valence-electron chi connectivity index (χ1n) is 9.10. The third-order valence-corrected chi connectivity index (χ3v) is 4.54. The van der Waals surface area contributed by atoms with Crippen molar-refractivity contribution in [1.82, 2.24) is 5.43 Å². The largest absolute Gasteiger partial charge is 0.484 e. The summed E-state index contributed by atoms with van der Waals surface area (Å²) in [5.74, 6) is 1.22. The van der Waals surface area contributed by atoms with E-state index in [1.165, 1.54) is 23.9 Å². The van der Waals surface area contributed by atoms with Crippen molar-refractivity contribution in [2.75, 3.05) is 13.4 Å². The van der Waals surface area contributed by atoms with Gasteiger partial charge in [-0.3, -0.25) is 14.9 Å². The second kappa shape index (κ2) is 9.05. The van der Waals surface area contributed by atoms with E-state index in [0.29, 0.717) is 23.2 Å². The number of hydrogen-bond acceptors (Lipinski definition) is 7. The highest BCUT2D eigenvalue weighted by atomic mass is 16.7. The maximum Gasteiger partial charge on any atom is 0.282 e. The minimum Gasteiger partial charge on any atom is -0.484 e.